The van der Waals surface area contributed by atoms with Crippen LogP contribution in [0.3, 0.4) is 0 Å². The third kappa shape index (κ3) is 3.91. The molecule has 1 aliphatic rings. The number of aromatic nitrogens is 2. The highest BCUT2D eigenvalue weighted by Crippen LogP contribution is 2.32. The van der Waals surface area contributed by atoms with Gasteiger partial charge in [0.1, 0.15) is 5.75 Å². The Morgan fingerprint density at radius 2 is 2.08 bits per heavy atom. The number of likely N-dealkylation sites (tertiary alicyclic amines) is 1. The van der Waals surface area contributed by atoms with Crippen LogP contribution in [-0.2, 0) is 4.74 Å². The molecule has 1 atom stereocenters. The van der Waals surface area contributed by atoms with Gasteiger partial charge in [-0.05, 0) is 31.5 Å². The molecule has 0 aliphatic carbocycles. The van der Waals surface area contributed by atoms with Gasteiger partial charge < -0.3 is 14.4 Å². The van der Waals surface area contributed by atoms with Gasteiger partial charge in [-0.3, -0.25) is 9.97 Å². The van der Waals surface area contributed by atoms with Crippen LogP contribution in [0, 0.1) is 0 Å². The summed E-state index contributed by atoms with van der Waals surface area (Å²) in [6.07, 6.45) is 5.90. The smallest absolute Gasteiger partial charge is 0.119 e. The highest BCUT2D eigenvalue weighted by molar-refractivity contribution is 5.64. The van der Waals surface area contributed by atoms with Crippen molar-refractivity contribution in [3.05, 3.63) is 42.4 Å². The summed E-state index contributed by atoms with van der Waals surface area (Å²) in [5, 5.41) is 0. The lowest BCUT2D eigenvalue weighted by Crippen LogP contribution is -2.37. The molecule has 3 rings (SSSR count). The number of nitrogens with zero attached hydrogens (tertiary/aromatic N) is 3. The predicted molar refractivity (Wildman–Crippen MR) is 94.3 cm³/mol. The number of hydrogen-bond acceptors (Lipinski definition) is 5. The Morgan fingerprint density at radius 3 is 2.92 bits per heavy atom. The maximum atomic E-state index is 5.35. The van der Waals surface area contributed by atoms with Gasteiger partial charge in [0.15, 0.2) is 0 Å². The quantitative estimate of drug-likeness (QED) is 0.816. The zero-order chi connectivity index (χ0) is 16.8. The highest BCUT2D eigenvalue weighted by Gasteiger charge is 2.25. The van der Waals surface area contributed by atoms with Crippen molar-refractivity contribution in [2.75, 3.05) is 40.5 Å². The second-order valence-electron chi connectivity index (χ2n) is 6.15. The van der Waals surface area contributed by atoms with E-state index in [1.54, 1.807) is 26.6 Å². The lowest BCUT2D eigenvalue weighted by molar-refractivity contribution is 0.127. The van der Waals surface area contributed by atoms with Crippen molar-refractivity contribution in [2.24, 2.45) is 0 Å². The molecule has 0 spiro atoms. The standard InChI is InChI=1S/C19H25N3O2/c1-23-12-11-22-10-4-6-16(14-22)19-18(20-8-9-21-19)15-5-3-7-17(13-15)24-2/h3,5,7-9,13,16H,4,6,10-12,14H2,1-2H3/t16-/m1/s1. The van der Waals surface area contributed by atoms with E-state index in [2.05, 4.69) is 20.9 Å². The predicted octanol–water partition coefficient (Wildman–Crippen LogP) is 2.98. The second kappa shape index (κ2) is 8.22. The first-order valence-corrected chi connectivity index (χ1v) is 8.48. The van der Waals surface area contributed by atoms with Crippen LogP contribution in [0.4, 0.5) is 0 Å². The third-order valence-corrected chi connectivity index (χ3v) is 4.57. The topological polar surface area (TPSA) is 47.5 Å². The monoisotopic (exact) mass is 327 g/mol. The Bertz CT molecular complexity index is 663. The molecule has 0 bridgehead atoms. The van der Waals surface area contributed by atoms with Gasteiger partial charge >= 0.3 is 0 Å². The van der Waals surface area contributed by atoms with Crippen LogP contribution in [0.5, 0.6) is 5.75 Å². The minimum atomic E-state index is 0.408. The van der Waals surface area contributed by atoms with Crippen LogP contribution < -0.4 is 4.74 Å². The fourth-order valence-corrected chi connectivity index (χ4v) is 3.34. The first-order valence-electron chi connectivity index (χ1n) is 8.48. The van der Waals surface area contributed by atoms with Gasteiger partial charge in [0.05, 0.1) is 25.1 Å². The molecule has 2 aromatic rings. The molecule has 0 saturated carbocycles. The molecule has 128 valence electrons. The fourth-order valence-electron chi connectivity index (χ4n) is 3.34. The number of rotatable bonds is 6. The fraction of sp³-hybridized carbons (Fsp3) is 0.474. The Labute approximate surface area is 143 Å². The molecule has 1 fully saturated rings. The van der Waals surface area contributed by atoms with E-state index in [0.29, 0.717) is 5.92 Å². The van der Waals surface area contributed by atoms with E-state index in [4.69, 9.17) is 9.47 Å². The van der Waals surface area contributed by atoms with Gasteiger partial charge in [-0.25, -0.2) is 0 Å². The van der Waals surface area contributed by atoms with Crippen LogP contribution in [0.1, 0.15) is 24.5 Å². The van der Waals surface area contributed by atoms with E-state index < -0.39 is 0 Å². The maximum absolute atomic E-state index is 5.35. The molecule has 5 nitrogen and oxygen atoms in total. The molecule has 0 N–H and O–H groups in total. The number of ether oxygens (including phenoxy) is 2. The Kier molecular flexibility index (Phi) is 5.77. The summed E-state index contributed by atoms with van der Waals surface area (Å²) in [5.74, 6) is 1.25. The summed E-state index contributed by atoms with van der Waals surface area (Å²) >= 11 is 0. The highest BCUT2D eigenvalue weighted by atomic mass is 16.5. The van der Waals surface area contributed by atoms with E-state index in [1.807, 2.05) is 18.2 Å². The van der Waals surface area contributed by atoms with Gasteiger partial charge in [0, 0.05) is 44.1 Å². The molecule has 1 aromatic carbocycles. The summed E-state index contributed by atoms with van der Waals surface area (Å²) in [6.45, 7) is 3.89. The molecule has 2 heterocycles. The molecule has 1 aromatic heterocycles. The van der Waals surface area contributed by atoms with Crippen molar-refractivity contribution in [2.45, 2.75) is 18.8 Å². The van der Waals surface area contributed by atoms with Crippen molar-refractivity contribution in [1.82, 2.24) is 14.9 Å². The Morgan fingerprint density at radius 1 is 1.21 bits per heavy atom. The van der Waals surface area contributed by atoms with Gasteiger partial charge in [0.25, 0.3) is 0 Å². The minimum Gasteiger partial charge on any atom is -0.497 e. The number of hydrogen-bond donors (Lipinski definition) is 0. The Balaban J connectivity index is 1.86. The van der Waals surface area contributed by atoms with Crippen molar-refractivity contribution < 1.29 is 9.47 Å². The van der Waals surface area contributed by atoms with Gasteiger partial charge in [-0.1, -0.05) is 12.1 Å². The first kappa shape index (κ1) is 16.9. The van der Waals surface area contributed by atoms with Crippen molar-refractivity contribution in [3.63, 3.8) is 0 Å². The minimum absolute atomic E-state index is 0.408. The van der Waals surface area contributed by atoms with E-state index in [-0.39, 0.29) is 0 Å². The summed E-state index contributed by atoms with van der Waals surface area (Å²) in [7, 11) is 3.44. The third-order valence-electron chi connectivity index (χ3n) is 4.57. The summed E-state index contributed by atoms with van der Waals surface area (Å²) < 4.78 is 10.6. The van der Waals surface area contributed by atoms with Gasteiger partial charge in [-0.15, -0.1) is 0 Å². The second-order valence-corrected chi connectivity index (χ2v) is 6.15. The molecule has 5 heteroatoms. The molecule has 0 amide bonds. The van der Waals surface area contributed by atoms with E-state index in [1.165, 1.54) is 6.42 Å². The largest absolute Gasteiger partial charge is 0.497 e. The summed E-state index contributed by atoms with van der Waals surface area (Å²) in [6, 6.07) is 8.05. The number of piperidine rings is 1. The van der Waals surface area contributed by atoms with Crippen LogP contribution >= 0.6 is 0 Å². The normalized spacial score (nSPS) is 18.5. The maximum Gasteiger partial charge on any atom is 0.119 e. The molecule has 0 radical (unpaired) electrons. The zero-order valence-corrected chi connectivity index (χ0v) is 14.4. The zero-order valence-electron chi connectivity index (χ0n) is 14.4. The number of benzene rings is 1. The SMILES string of the molecule is COCCN1CCC[C@@H](c2nccnc2-c2cccc(OC)c2)C1. The van der Waals surface area contributed by atoms with Crippen LogP contribution in [-0.4, -0.2) is 55.3 Å². The van der Waals surface area contributed by atoms with E-state index >= 15 is 0 Å². The summed E-state index contributed by atoms with van der Waals surface area (Å²) in [4.78, 5) is 11.8. The molecule has 24 heavy (non-hydrogen) atoms. The molecular formula is C19H25N3O2. The molecule has 1 saturated heterocycles. The lowest BCUT2D eigenvalue weighted by Gasteiger charge is -2.32. The number of methoxy groups -OCH3 is 2. The van der Waals surface area contributed by atoms with Gasteiger partial charge in [0.2, 0.25) is 0 Å². The lowest BCUT2D eigenvalue weighted by atomic mass is 9.91. The summed E-state index contributed by atoms with van der Waals surface area (Å²) in [5.41, 5.74) is 3.12. The van der Waals surface area contributed by atoms with Crippen LogP contribution in [0.15, 0.2) is 36.7 Å². The van der Waals surface area contributed by atoms with Crippen LogP contribution in [0.25, 0.3) is 11.3 Å². The van der Waals surface area contributed by atoms with Crippen molar-refractivity contribution in [1.29, 1.82) is 0 Å². The molecule has 1 aliphatic heterocycles. The molecular weight excluding hydrogens is 302 g/mol. The van der Waals surface area contributed by atoms with Crippen LogP contribution in [0.2, 0.25) is 0 Å². The van der Waals surface area contributed by atoms with Crippen molar-refractivity contribution >= 4 is 0 Å². The first-order chi connectivity index (χ1) is 11.8. The van der Waals surface area contributed by atoms with Crippen molar-refractivity contribution in [3.8, 4) is 17.0 Å². The van der Waals surface area contributed by atoms with E-state index in [0.717, 1.165) is 55.4 Å². The Hall–Kier alpha value is -1.98. The molecule has 0 unspecified atom stereocenters. The average molecular weight is 327 g/mol. The van der Waals surface area contributed by atoms with Gasteiger partial charge in [-0.2, -0.15) is 0 Å². The average Bonchev–Trinajstić information content (AvgIpc) is 2.66. The van der Waals surface area contributed by atoms with E-state index in [9.17, 15) is 0 Å².